The first-order valence-electron chi connectivity index (χ1n) is 13.4. The van der Waals surface area contributed by atoms with E-state index in [0.29, 0.717) is 93.3 Å². The first kappa shape index (κ1) is 27.9. The number of carbonyl (C=O) groups excluding carboxylic acids is 2. The maximum Gasteiger partial charge on any atom is 0.220 e. The third-order valence-corrected chi connectivity index (χ3v) is 7.06. The van der Waals surface area contributed by atoms with Gasteiger partial charge in [0.1, 0.15) is 25.1 Å². The highest BCUT2D eigenvalue weighted by molar-refractivity contribution is 5.96. The minimum atomic E-state index is -0.949. The first-order valence-corrected chi connectivity index (χ1v) is 13.4. The second-order valence-corrected chi connectivity index (χ2v) is 9.94. The van der Waals surface area contributed by atoms with E-state index in [4.69, 9.17) is 14.2 Å². The Morgan fingerprint density at radius 2 is 1.79 bits per heavy atom. The summed E-state index contributed by atoms with van der Waals surface area (Å²) in [5, 5.41) is 24.2. The highest BCUT2D eigenvalue weighted by Crippen LogP contribution is 2.33. The second kappa shape index (κ2) is 13.6. The Morgan fingerprint density at radius 1 is 1.05 bits per heavy atom. The van der Waals surface area contributed by atoms with Crippen LogP contribution >= 0.6 is 0 Å². The number of nitrogens with zero attached hydrogens (tertiary/aromatic N) is 1. The third kappa shape index (κ3) is 7.69. The van der Waals surface area contributed by atoms with Crippen LogP contribution in [0.1, 0.15) is 60.6 Å². The lowest BCUT2D eigenvalue weighted by Gasteiger charge is -2.29. The van der Waals surface area contributed by atoms with Crippen LogP contribution in [0, 0.1) is 0 Å². The van der Waals surface area contributed by atoms with Crippen LogP contribution in [0.15, 0.2) is 42.5 Å². The molecule has 206 valence electrons. The number of Topliss-reactive ketones (excluding diaryl/α,β-unsaturated/α-hetero) is 1. The van der Waals surface area contributed by atoms with E-state index >= 15 is 0 Å². The maximum atomic E-state index is 12.8. The van der Waals surface area contributed by atoms with Gasteiger partial charge in [0.05, 0.1) is 19.3 Å². The van der Waals surface area contributed by atoms with Gasteiger partial charge in [-0.1, -0.05) is 12.5 Å². The van der Waals surface area contributed by atoms with Crippen LogP contribution in [0.2, 0.25) is 0 Å². The summed E-state index contributed by atoms with van der Waals surface area (Å²) >= 11 is 0. The molecule has 1 fully saturated rings. The fraction of sp³-hybridized carbons (Fsp3) is 0.517. The zero-order valence-corrected chi connectivity index (χ0v) is 21.9. The van der Waals surface area contributed by atoms with E-state index in [1.807, 2.05) is 0 Å². The molecule has 2 aliphatic heterocycles. The molecule has 9 nitrogen and oxygen atoms in total. The van der Waals surface area contributed by atoms with Gasteiger partial charge in [-0.25, -0.2) is 0 Å². The van der Waals surface area contributed by atoms with Crippen molar-refractivity contribution in [2.75, 3.05) is 40.0 Å². The Labute approximate surface area is 223 Å². The summed E-state index contributed by atoms with van der Waals surface area (Å²) in [5.74, 6) is 1.87. The standard InChI is InChI=1S/C29H38N2O7/c1-36-23-10-7-20(8-11-23)25(33)5-3-2-4-6-28(34)30-24(19-31-14-13-22(32)18-31)29(35)21-9-12-26-27(17-21)38-16-15-37-26/h7-12,17,22,24,29,32,35H,2-6,13-16,18-19H2,1H3,(H,30,34)/t22-,24-,29?/m1/s1. The maximum absolute atomic E-state index is 12.8. The predicted octanol–water partition coefficient (Wildman–Crippen LogP) is 2.88. The smallest absolute Gasteiger partial charge is 0.220 e. The minimum Gasteiger partial charge on any atom is -0.497 e. The number of β-amino-alcohol motifs (C(OH)–C–C–N with tert-alkyl or cyclic N) is 1. The summed E-state index contributed by atoms with van der Waals surface area (Å²) in [6.45, 7) is 2.59. The molecule has 2 heterocycles. The first-order chi connectivity index (χ1) is 18.4. The fourth-order valence-electron chi connectivity index (χ4n) is 4.90. The van der Waals surface area contributed by atoms with E-state index < -0.39 is 18.2 Å². The predicted molar refractivity (Wildman–Crippen MR) is 142 cm³/mol. The molecule has 0 saturated carbocycles. The molecule has 1 unspecified atom stereocenters. The highest BCUT2D eigenvalue weighted by Gasteiger charge is 2.29. The number of carbonyl (C=O) groups is 2. The number of unbranched alkanes of at least 4 members (excludes halogenated alkanes) is 2. The van der Waals surface area contributed by atoms with Crippen LogP contribution in [0.5, 0.6) is 17.2 Å². The summed E-state index contributed by atoms with van der Waals surface area (Å²) in [6, 6.07) is 11.9. The van der Waals surface area contributed by atoms with Crippen LogP contribution in [0.3, 0.4) is 0 Å². The molecule has 3 atom stereocenters. The van der Waals surface area contributed by atoms with E-state index in [1.54, 1.807) is 49.6 Å². The molecule has 3 N–H and O–H groups in total. The SMILES string of the molecule is COc1ccc(C(=O)CCCCCC(=O)N[C@H](CN2CC[C@@H](O)C2)C(O)c2ccc3c(c2)OCCO3)cc1. The Bertz CT molecular complexity index is 1080. The lowest BCUT2D eigenvalue weighted by molar-refractivity contribution is -0.123. The van der Waals surface area contributed by atoms with Gasteiger partial charge in [0.25, 0.3) is 0 Å². The van der Waals surface area contributed by atoms with Crippen LogP contribution in [0.4, 0.5) is 0 Å². The molecule has 0 aromatic heterocycles. The van der Waals surface area contributed by atoms with E-state index in [1.165, 1.54) is 0 Å². The lowest BCUT2D eigenvalue weighted by Crippen LogP contribution is -2.47. The average Bonchev–Trinajstić information content (AvgIpc) is 3.36. The van der Waals surface area contributed by atoms with Gasteiger partial charge in [-0.05, 0) is 61.2 Å². The molecule has 0 spiro atoms. The minimum absolute atomic E-state index is 0.0764. The number of hydrogen-bond donors (Lipinski definition) is 3. The Balaban J connectivity index is 1.27. The van der Waals surface area contributed by atoms with Crippen molar-refractivity contribution in [3.8, 4) is 17.2 Å². The molecule has 38 heavy (non-hydrogen) atoms. The van der Waals surface area contributed by atoms with Gasteiger partial charge in [0.2, 0.25) is 5.91 Å². The molecule has 9 heteroatoms. The van der Waals surface area contributed by atoms with Crippen molar-refractivity contribution in [1.29, 1.82) is 0 Å². The van der Waals surface area contributed by atoms with Crippen LogP contribution < -0.4 is 19.5 Å². The van der Waals surface area contributed by atoms with Crippen molar-refractivity contribution in [2.45, 2.75) is 56.8 Å². The topological polar surface area (TPSA) is 118 Å². The van der Waals surface area contributed by atoms with Crippen LogP contribution in [-0.4, -0.2) is 78.9 Å². The van der Waals surface area contributed by atoms with Gasteiger partial charge in [-0.2, -0.15) is 0 Å². The van der Waals surface area contributed by atoms with Gasteiger partial charge in [0.15, 0.2) is 17.3 Å². The molecule has 2 aromatic carbocycles. The van der Waals surface area contributed by atoms with E-state index in [-0.39, 0.29) is 11.7 Å². The summed E-state index contributed by atoms with van der Waals surface area (Å²) in [4.78, 5) is 27.3. The molecular weight excluding hydrogens is 488 g/mol. The highest BCUT2D eigenvalue weighted by atomic mass is 16.6. The largest absolute Gasteiger partial charge is 0.497 e. The molecule has 1 saturated heterocycles. The van der Waals surface area contributed by atoms with Crippen LogP contribution in [-0.2, 0) is 4.79 Å². The number of fused-ring (bicyclic) bond motifs is 1. The van der Waals surface area contributed by atoms with Gasteiger partial charge >= 0.3 is 0 Å². The van der Waals surface area contributed by atoms with Crippen molar-refractivity contribution in [1.82, 2.24) is 10.2 Å². The summed E-state index contributed by atoms with van der Waals surface area (Å²) in [6.07, 6.45) is 2.18. The van der Waals surface area contributed by atoms with Crippen LogP contribution in [0.25, 0.3) is 0 Å². The summed E-state index contributed by atoms with van der Waals surface area (Å²) in [5.41, 5.74) is 1.29. The molecule has 2 aliphatic rings. The molecule has 1 amide bonds. The van der Waals surface area contributed by atoms with Gasteiger partial charge in [-0.3, -0.25) is 14.5 Å². The summed E-state index contributed by atoms with van der Waals surface area (Å²) in [7, 11) is 1.59. The molecular formula is C29H38N2O7. The molecule has 2 aromatic rings. The molecule has 0 bridgehead atoms. The van der Waals surface area contributed by atoms with Crippen molar-refractivity contribution < 1.29 is 34.0 Å². The van der Waals surface area contributed by atoms with E-state index in [9.17, 15) is 19.8 Å². The molecule has 0 aliphatic carbocycles. The second-order valence-electron chi connectivity index (χ2n) is 9.94. The number of ether oxygens (including phenoxy) is 3. The fourth-order valence-corrected chi connectivity index (χ4v) is 4.90. The Kier molecular flexibility index (Phi) is 9.98. The molecule has 0 radical (unpaired) electrons. The number of ketones is 1. The number of nitrogens with one attached hydrogen (secondary N) is 1. The number of likely N-dealkylation sites (tertiary alicyclic amines) is 1. The average molecular weight is 527 g/mol. The third-order valence-electron chi connectivity index (χ3n) is 7.06. The normalized spacial score (nSPS) is 18.6. The number of aliphatic hydroxyl groups excluding tert-OH is 2. The zero-order chi connectivity index (χ0) is 26.9. The van der Waals surface area contributed by atoms with Gasteiger partial charge in [-0.15, -0.1) is 0 Å². The Morgan fingerprint density at radius 3 is 2.50 bits per heavy atom. The number of methoxy groups -OCH3 is 1. The number of benzene rings is 2. The van der Waals surface area contributed by atoms with Crippen molar-refractivity contribution in [3.63, 3.8) is 0 Å². The monoisotopic (exact) mass is 526 g/mol. The van der Waals surface area contributed by atoms with Gasteiger partial charge in [0, 0.05) is 38.0 Å². The number of rotatable bonds is 13. The van der Waals surface area contributed by atoms with E-state index in [2.05, 4.69) is 10.2 Å². The number of amides is 1. The summed E-state index contributed by atoms with van der Waals surface area (Å²) < 4.78 is 16.4. The van der Waals surface area contributed by atoms with Gasteiger partial charge < -0.3 is 29.7 Å². The van der Waals surface area contributed by atoms with Crippen molar-refractivity contribution >= 4 is 11.7 Å². The zero-order valence-electron chi connectivity index (χ0n) is 21.9. The molecule has 4 rings (SSSR count). The van der Waals surface area contributed by atoms with Crippen molar-refractivity contribution in [3.05, 3.63) is 53.6 Å². The van der Waals surface area contributed by atoms with Crippen molar-refractivity contribution in [2.24, 2.45) is 0 Å². The lowest BCUT2D eigenvalue weighted by atomic mass is 10.00. The Hall–Kier alpha value is -3.14. The number of aliphatic hydroxyl groups is 2. The number of hydrogen-bond acceptors (Lipinski definition) is 8. The van der Waals surface area contributed by atoms with E-state index in [0.717, 1.165) is 6.42 Å². The quantitative estimate of drug-likeness (QED) is 0.269.